The third-order valence-electron chi connectivity index (χ3n) is 4.70. The van der Waals surface area contributed by atoms with Crippen LogP contribution in [0.25, 0.3) is 0 Å². The van der Waals surface area contributed by atoms with Gasteiger partial charge in [0.2, 0.25) is 21.8 Å². The molecule has 2 amide bonds. The monoisotopic (exact) mass is 451 g/mol. The number of ether oxygens (including phenoxy) is 1. The molecule has 1 N–H and O–H groups in total. The molecule has 0 saturated heterocycles. The van der Waals surface area contributed by atoms with Gasteiger partial charge in [0.15, 0.2) is 0 Å². The van der Waals surface area contributed by atoms with E-state index in [0.29, 0.717) is 5.75 Å². The Kier molecular flexibility index (Phi) is 7.98. The summed E-state index contributed by atoms with van der Waals surface area (Å²) in [5.74, 6) is -1.01. The zero-order chi connectivity index (χ0) is 23.2. The second kappa shape index (κ2) is 10.3. The predicted octanol–water partition coefficient (Wildman–Crippen LogP) is 1.76. The predicted molar refractivity (Wildman–Crippen MR) is 116 cm³/mol. The number of hydrogen-bond acceptors (Lipinski definition) is 5. The number of carbonyl (C=O) groups excluding carboxylic acids is 2. The number of hydrogen-bond donors (Lipinski definition) is 1. The molecule has 0 aromatic heterocycles. The van der Waals surface area contributed by atoms with E-state index in [-0.39, 0.29) is 12.2 Å². The van der Waals surface area contributed by atoms with Gasteiger partial charge in [0.05, 0.1) is 19.1 Å². The second-order valence-corrected chi connectivity index (χ2v) is 8.82. The smallest absolute Gasteiger partial charge is 0.244 e. The summed E-state index contributed by atoms with van der Waals surface area (Å²) in [7, 11) is -0.913. The Balaban J connectivity index is 2.36. The Bertz CT molecular complexity index is 1030. The van der Waals surface area contributed by atoms with E-state index in [1.54, 1.807) is 31.2 Å². The van der Waals surface area contributed by atoms with Crippen molar-refractivity contribution in [1.29, 1.82) is 0 Å². The van der Waals surface area contributed by atoms with Gasteiger partial charge >= 0.3 is 0 Å². The van der Waals surface area contributed by atoms with Crippen LogP contribution in [0.3, 0.4) is 0 Å². The van der Waals surface area contributed by atoms with Crippen LogP contribution in [0.1, 0.15) is 12.5 Å². The van der Waals surface area contributed by atoms with E-state index < -0.39 is 40.2 Å². The maximum atomic E-state index is 13.7. The lowest BCUT2D eigenvalue weighted by molar-refractivity contribution is -0.139. The van der Waals surface area contributed by atoms with Gasteiger partial charge in [-0.05, 0) is 42.8 Å². The van der Waals surface area contributed by atoms with Gasteiger partial charge in [0, 0.05) is 13.6 Å². The van der Waals surface area contributed by atoms with Gasteiger partial charge in [0.25, 0.3) is 0 Å². The normalized spacial score (nSPS) is 12.0. The first kappa shape index (κ1) is 24.1. The van der Waals surface area contributed by atoms with Crippen LogP contribution in [0.4, 0.5) is 10.1 Å². The van der Waals surface area contributed by atoms with Crippen molar-refractivity contribution in [3.63, 3.8) is 0 Å². The number of nitrogens with one attached hydrogen (secondary N) is 1. The van der Waals surface area contributed by atoms with Crippen molar-refractivity contribution in [2.45, 2.75) is 19.5 Å². The third-order valence-corrected chi connectivity index (χ3v) is 5.84. The van der Waals surface area contributed by atoms with Crippen molar-refractivity contribution in [1.82, 2.24) is 10.2 Å². The second-order valence-electron chi connectivity index (χ2n) is 6.91. The van der Waals surface area contributed by atoms with E-state index in [0.717, 1.165) is 22.2 Å². The van der Waals surface area contributed by atoms with E-state index in [2.05, 4.69) is 5.32 Å². The van der Waals surface area contributed by atoms with Crippen LogP contribution in [0.15, 0.2) is 48.5 Å². The first-order valence-corrected chi connectivity index (χ1v) is 11.3. The van der Waals surface area contributed by atoms with Crippen molar-refractivity contribution < 1.29 is 27.1 Å². The van der Waals surface area contributed by atoms with Crippen molar-refractivity contribution in [2.24, 2.45) is 0 Å². The molecule has 0 spiro atoms. The van der Waals surface area contributed by atoms with E-state index in [4.69, 9.17) is 4.74 Å². The number of carbonyl (C=O) groups is 2. The Hall–Kier alpha value is -3.14. The molecule has 31 heavy (non-hydrogen) atoms. The molecule has 0 heterocycles. The number of nitrogens with zero attached hydrogens (tertiary/aromatic N) is 2. The van der Waals surface area contributed by atoms with Crippen LogP contribution >= 0.6 is 0 Å². The summed E-state index contributed by atoms with van der Waals surface area (Å²) in [5, 5.41) is 2.49. The number of likely N-dealkylation sites (N-methyl/N-ethyl adjacent to an activating group) is 1. The molecule has 0 fully saturated rings. The minimum atomic E-state index is -3.89. The first-order valence-electron chi connectivity index (χ1n) is 9.44. The number of amides is 2. The van der Waals surface area contributed by atoms with Crippen molar-refractivity contribution in [3.05, 3.63) is 59.9 Å². The van der Waals surface area contributed by atoms with Gasteiger partial charge in [-0.2, -0.15) is 0 Å². The lowest BCUT2D eigenvalue weighted by Gasteiger charge is -2.31. The fourth-order valence-electron chi connectivity index (χ4n) is 2.96. The minimum absolute atomic E-state index is 0.0212. The molecule has 0 aliphatic rings. The van der Waals surface area contributed by atoms with E-state index in [9.17, 15) is 22.4 Å². The zero-order valence-corrected chi connectivity index (χ0v) is 18.6. The summed E-state index contributed by atoms with van der Waals surface area (Å²) in [5.41, 5.74) is 0.745. The molecule has 2 aromatic carbocycles. The highest BCUT2D eigenvalue weighted by Gasteiger charge is 2.29. The quantitative estimate of drug-likeness (QED) is 0.627. The number of methoxy groups -OCH3 is 1. The van der Waals surface area contributed by atoms with Crippen LogP contribution < -0.4 is 14.4 Å². The average Bonchev–Trinajstić information content (AvgIpc) is 2.74. The molecule has 10 heteroatoms. The van der Waals surface area contributed by atoms with Gasteiger partial charge in [0.1, 0.15) is 24.2 Å². The zero-order valence-electron chi connectivity index (χ0n) is 17.8. The van der Waals surface area contributed by atoms with Gasteiger partial charge in [-0.1, -0.05) is 18.2 Å². The van der Waals surface area contributed by atoms with Crippen LogP contribution in [-0.2, 0) is 26.2 Å². The molecule has 8 nitrogen and oxygen atoms in total. The number of anilines is 1. The lowest BCUT2D eigenvalue weighted by Crippen LogP contribution is -2.50. The molecule has 168 valence electrons. The maximum Gasteiger partial charge on any atom is 0.244 e. The van der Waals surface area contributed by atoms with E-state index >= 15 is 0 Å². The van der Waals surface area contributed by atoms with Crippen LogP contribution in [0.2, 0.25) is 0 Å². The highest BCUT2D eigenvalue weighted by molar-refractivity contribution is 7.92. The first-order chi connectivity index (χ1) is 14.6. The largest absolute Gasteiger partial charge is 0.497 e. The SMILES string of the molecule is CNC(=O)[C@H](C)N(Cc1ccc(OC)cc1)C(=O)CN(c1cccc(F)c1)S(C)(=O)=O. The Morgan fingerprint density at radius 2 is 1.81 bits per heavy atom. The summed E-state index contributed by atoms with van der Waals surface area (Å²) >= 11 is 0. The van der Waals surface area contributed by atoms with Crippen molar-refractivity contribution in [3.8, 4) is 5.75 Å². The van der Waals surface area contributed by atoms with Gasteiger partial charge in [-0.25, -0.2) is 12.8 Å². The van der Waals surface area contributed by atoms with Gasteiger partial charge in [-0.3, -0.25) is 13.9 Å². The lowest BCUT2D eigenvalue weighted by atomic mass is 10.1. The Morgan fingerprint density at radius 1 is 1.16 bits per heavy atom. The highest BCUT2D eigenvalue weighted by atomic mass is 32.2. The fourth-order valence-corrected chi connectivity index (χ4v) is 3.81. The van der Waals surface area contributed by atoms with Crippen molar-refractivity contribution >= 4 is 27.5 Å². The molecule has 0 aliphatic heterocycles. The summed E-state index contributed by atoms with van der Waals surface area (Å²) < 4.78 is 44.3. The molecule has 2 rings (SSSR count). The number of benzene rings is 2. The molecule has 0 saturated carbocycles. The molecule has 2 aromatic rings. The van der Waals surface area contributed by atoms with Crippen LogP contribution in [0.5, 0.6) is 5.75 Å². The maximum absolute atomic E-state index is 13.7. The third kappa shape index (κ3) is 6.42. The number of halogens is 1. The molecule has 0 aliphatic carbocycles. The number of sulfonamides is 1. The summed E-state index contributed by atoms with van der Waals surface area (Å²) in [6.07, 6.45) is 0.932. The standard InChI is InChI=1S/C21H26FN3O5S/c1-15(21(27)23-2)24(13-16-8-10-19(30-3)11-9-16)20(26)14-25(31(4,28)29)18-7-5-6-17(22)12-18/h5-12,15H,13-14H2,1-4H3,(H,23,27)/t15-/m0/s1. The van der Waals surface area contributed by atoms with E-state index in [1.807, 2.05) is 0 Å². The van der Waals surface area contributed by atoms with E-state index in [1.165, 1.54) is 37.3 Å². The Labute approximate surface area is 181 Å². The molecule has 0 radical (unpaired) electrons. The minimum Gasteiger partial charge on any atom is -0.497 e. The summed E-state index contributed by atoms with van der Waals surface area (Å²) in [6.45, 7) is 1.03. The molecule has 1 atom stereocenters. The van der Waals surface area contributed by atoms with Gasteiger partial charge < -0.3 is 15.0 Å². The Morgan fingerprint density at radius 3 is 2.32 bits per heavy atom. The molecular weight excluding hydrogens is 425 g/mol. The van der Waals surface area contributed by atoms with Crippen LogP contribution in [-0.4, -0.2) is 58.1 Å². The average molecular weight is 452 g/mol. The van der Waals surface area contributed by atoms with Crippen molar-refractivity contribution in [2.75, 3.05) is 31.3 Å². The topological polar surface area (TPSA) is 96.0 Å². The highest BCUT2D eigenvalue weighted by Crippen LogP contribution is 2.20. The number of rotatable bonds is 9. The molecule has 0 unspecified atom stereocenters. The molecule has 0 bridgehead atoms. The summed E-state index contributed by atoms with van der Waals surface area (Å²) in [6, 6.07) is 11.0. The van der Waals surface area contributed by atoms with Gasteiger partial charge in [-0.15, -0.1) is 0 Å². The van der Waals surface area contributed by atoms with Crippen LogP contribution in [0, 0.1) is 5.82 Å². The fraction of sp³-hybridized carbons (Fsp3) is 0.333. The summed E-state index contributed by atoms with van der Waals surface area (Å²) in [4.78, 5) is 26.7. The molecular formula is C21H26FN3O5S.